The number of hydrogen-bond donors (Lipinski definition) is 2. The molecule has 0 spiro atoms. The zero-order chi connectivity index (χ0) is 10.7. The molecule has 2 rings (SSSR count). The predicted molar refractivity (Wildman–Crippen MR) is 61.5 cm³/mol. The minimum Gasteiger partial charge on any atom is -0.387 e. The third-order valence-electron chi connectivity index (χ3n) is 2.58. The molecule has 0 saturated heterocycles. The van der Waals surface area contributed by atoms with Crippen LogP contribution in [0.1, 0.15) is 12.5 Å². The van der Waals surface area contributed by atoms with Gasteiger partial charge >= 0.3 is 0 Å². The van der Waals surface area contributed by atoms with Gasteiger partial charge in [0, 0.05) is 5.57 Å². The highest BCUT2D eigenvalue weighted by Gasteiger charge is 2.14. The predicted octanol–water partition coefficient (Wildman–Crippen LogP) is 1.41. The highest BCUT2D eigenvalue weighted by molar-refractivity contribution is 6.11. The van der Waals surface area contributed by atoms with Gasteiger partial charge in [0.05, 0.1) is 18.9 Å². The number of rotatable bonds is 1. The number of aliphatic hydroxyl groups is 1. The van der Waals surface area contributed by atoms with Crippen LogP contribution in [0.25, 0.3) is 5.57 Å². The molecule has 0 aromatic heterocycles. The highest BCUT2D eigenvalue weighted by atomic mass is 16.3. The molecule has 1 atom stereocenters. The molecule has 1 aliphatic rings. The summed E-state index contributed by atoms with van der Waals surface area (Å²) in [5.74, 6) is 0. The van der Waals surface area contributed by atoms with Crippen molar-refractivity contribution in [2.75, 3.05) is 6.54 Å². The Balaban J connectivity index is 2.45. The molecular formula is C12H14N2O. The first-order chi connectivity index (χ1) is 7.29. The van der Waals surface area contributed by atoms with E-state index in [2.05, 4.69) is 10.5 Å². The van der Waals surface area contributed by atoms with Crippen LogP contribution < -0.4 is 5.43 Å². The Hall–Kier alpha value is -1.61. The first-order valence-corrected chi connectivity index (χ1v) is 4.99. The van der Waals surface area contributed by atoms with Gasteiger partial charge in [-0.15, -0.1) is 0 Å². The van der Waals surface area contributed by atoms with Crippen molar-refractivity contribution >= 4 is 11.8 Å². The lowest BCUT2D eigenvalue weighted by atomic mass is 9.99. The molecule has 1 aromatic carbocycles. The summed E-state index contributed by atoms with van der Waals surface area (Å²) in [6.45, 7) is 2.41. The summed E-state index contributed by atoms with van der Waals surface area (Å²) in [7, 11) is 0. The lowest BCUT2D eigenvalue weighted by Gasteiger charge is -2.11. The minimum atomic E-state index is -0.470. The molecule has 78 valence electrons. The molecule has 0 saturated carbocycles. The maximum absolute atomic E-state index is 9.79. The quantitative estimate of drug-likeness (QED) is 0.723. The standard InChI is InChI=1S/C12H14N2O/c1-9-11(7-13-14-8-12(9)15)10-5-3-2-4-6-10/h2-7,12,14-15H,8H2,1H3. The molecule has 0 fully saturated rings. The van der Waals surface area contributed by atoms with Crippen LogP contribution in [-0.4, -0.2) is 24.0 Å². The van der Waals surface area contributed by atoms with E-state index < -0.39 is 6.10 Å². The summed E-state index contributed by atoms with van der Waals surface area (Å²) in [5.41, 5.74) is 5.84. The summed E-state index contributed by atoms with van der Waals surface area (Å²) in [6, 6.07) is 9.97. The van der Waals surface area contributed by atoms with Crippen molar-refractivity contribution in [3.63, 3.8) is 0 Å². The second-order valence-electron chi connectivity index (χ2n) is 3.60. The van der Waals surface area contributed by atoms with Crippen LogP contribution in [0.2, 0.25) is 0 Å². The Bertz CT molecular complexity index is 395. The van der Waals surface area contributed by atoms with Gasteiger partial charge in [0.2, 0.25) is 0 Å². The van der Waals surface area contributed by atoms with E-state index in [9.17, 15) is 5.11 Å². The van der Waals surface area contributed by atoms with Gasteiger partial charge in [-0.1, -0.05) is 30.3 Å². The normalized spacial score (nSPS) is 21.1. The molecule has 0 bridgehead atoms. The molecule has 2 N–H and O–H groups in total. The Kier molecular flexibility index (Phi) is 2.83. The van der Waals surface area contributed by atoms with Crippen molar-refractivity contribution in [3.05, 3.63) is 41.5 Å². The van der Waals surface area contributed by atoms with Gasteiger partial charge in [0.25, 0.3) is 0 Å². The summed E-state index contributed by atoms with van der Waals surface area (Å²) < 4.78 is 0. The molecule has 1 heterocycles. The summed E-state index contributed by atoms with van der Waals surface area (Å²) in [5, 5.41) is 13.8. The smallest absolute Gasteiger partial charge is 0.0946 e. The molecular weight excluding hydrogens is 188 g/mol. The fourth-order valence-electron chi connectivity index (χ4n) is 1.60. The van der Waals surface area contributed by atoms with E-state index >= 15 is 0 Å². The number of benzene rings is 1. The zero-order valence-corrected chi connectivity index (χ0v) is 8.64. The molecule has 1 aromatic rings. The van der Waals surface area contributed by atoms with Crippen LogP contribution >= 0.6 is 0 Å². The van der Waals surface area contributed by atoms with Crippen LogP contribution in [0, 0.1) is 0 Å². The topological polar surface area (TPSA) is 44.6 Å². The first kappa shape index (κ1) is 9.93. The zero-order valence-electron chi connectivity index (χ0n) is 8.64. The Labute approximate surface area is 89.1 Å². The van der Waals surface area contributed by atoms with Crippen molar-refractivity contribution in [1.29, 1.82) is 0 Å². The Morgan fingerprint density at radius 1 is 1.33 bits per heavy atom. The van der Waals surface area contributed by atoms with E-state index in [-0.39, 0.29) is 0 Å². The summed E-state index contributed by atoms with van der Waals surface area (Å²) >= 11 is 0. The number of nitrogens with one attached hydrogen (secondary N) is 1. The first-order valence-electron chi connectivity index (χ1n) is 4.99. The number of β-amino-alcohol motifs (C(OH)–C–C–N with tert-alkyl or cyclic N) is 1. The van der Waals surface area contributed by atoms with E-state index in [0.717, 1.165) is 16.7 Å². The van der Waals surface area contributed by atoms with Gasteiger partial charge in [-0.25, -0.2) is 0 Å². The molecule has 15 heavy (non-hydrogen) atoms. The third kappa shape index (κ3) is 2.07. The average Bonchev–Trinajstić information content (AvgIpc) is 2.44. The van der Waals surface area contributed by atoms with Gasteiger partial charge in [-0.05, 0) is 18.1 Å². The van der Waals surface area contributed by atoms with Gasteiger partial charge in [0.1, 0.15) is 0 Å². The van der Waals surface area contributed by atoms with Crippen LogP contribution in [0.5, 0.6) is 0 Å². The van der Waals surface area contributed by atoms with Crippen LogP contribution in [0.3, 0.4) is 0 Å². The monoisotopic (exact) mass is 202 g/mol. The van der Waals surface area contributed by atoms with E-state index in [1.54, 1.807) is 6.21 Å². The molecule has 1 unspecified atom stereocenters. The Morgan fingerprint density at radius 3 is 2.80 bits per heavy atom. The fourth-order valence-corrected chi connectivity index (χ4v) is 1.60. The van der Waals surface area contributed by atoms with E-state index in [0.29, 0.717) is 6.54 Å². The maximum atomic E-state index is 9.79. The number of hydrazone groups is 1. The van der Waals surface area contributed by atoms with Crippen LogP contribution in [0.15, 0.2) is 41.0 Å². The van der Waals surface area contributed by atoms with Gasteiger partial charge in [0.15, 0.2) is 0 Å². The number of allylic oxidation sites excluding steroid dienone is 1. The fraction of sp³-hybridized carbons (Fsp3) is 0.250. The molecule has 0 aliphatic carbocycles. The SMILES string of the molecule is CC1=C(c2ccccc2)C=NNCC1O. The van der Waals surface area contributed by atoms with Crippen molar-refractivity contribution in [3.8, 4) is 0 Å². The third-order valence-corrected chi connectivity index (χ3v) is 2.58. The number of aliphatic hydroxyl groups excluding tert-OH is 1. The van der Waals surface area contributed by atoms with E-state index in [4.69, 9.17) is 0 Å². The lowest BCUT2D eigenvalue weighted by Crippen LogP contribution is -2.22. The minimum absolute atomic E-state index is 0.470. The van der Waals surface area contributed by atoms with Crippen LogP contribution in [-0.2, 0) is 0 Å². The van der Waals surface area contributed by atoms with Gasteiger partial charge < -0.3 is 10.5 Å². The Morgan fingerprint density at radius 2 is 2.07 bits per heavy atom. The van der Waals surface area contributed by atoms with E-state index in [1.807, 2.05) is 37.3 Å². The second-order valence-corrected chi connectivity index (χ2v) is 3.60. The van der Waals surface area contributed by atoms with Crippen molar-refractivity contribution in [2.24, 2.45) is 5.10 Å². The largest absolute Gasteiger partial charge is 0.387 e. The number of hydrogen-bond acceptors (Lipinski definition) is 3. The summed E-state index contributed by atoms with van der Waals surface area (Å²) in [4.78, 5) is 0. The van der Waals surface area contributed by atoms with Crippen molar-refractivity contribution in [1.82, 2.24) is 5.43 Å². The van der Waals surface area contributed by atoms with Crippen molar-refractivity contribution in [2.45, 2.75) is 13.0 Å². The van der Waals surface area contributed by atoms with Gasteiger partial charge in [-0.2, -0.15) is 5.10 Å². The van der Waals surface area contributed by atoms with Gasteiger partial charge in [-0.3, -0.25) is 0 Å². The molecule has 0 amide bonds. The van der Waals surface area contributed by atoms with Crippen LogP contribution in [0.4, 0.5) is 0 Å². The molecule has 1 aliphatic heterocycles. The maximum Gasteiger partial charge on any atom is 0.0946 e. The van der Waals surface area contributed by atoms with Crippen molar-refractivity contribution < 1.29 is 5.11 Å². The summed E-state index contributed by atoms with van der Waals surface area (Å²) in [6.07, 6.45) is 1.30. The van der Waals surface area contributed by atoms with E-state index in [1.165, 1.54) is 0 Å². The number of nitrogens with zero attached hydrogens (tertiary/aromatic N) is 1. The highest BCUT2D eigenvalue weighted by Crippen LogP contribution is 2.20. The molecule has 0 radical (unpaired) electrons. The molecule has 3 heteroatoms. The lowest BCUT2D eigenvalue weighted by molar-refractivity contribution is 0.209. The second kappa shape index (κ2) is 4.28. The molecule has 3 nitrogen and oxygen atoms in total. The average molecular weight is 202 g/mol.